The molecular formula is C9H13BrN2O2. The summed E-state index contributed by atoms with van der Waals surface area (Å²) in [6, 6.07) is 0. The molecule has 0 saturated heterocycles. The van der Waals surface area contributed by atoms with Crippen LogP contribution in [0, 0.1) is 19.8 Å². The Kier molecular flexibility index (Phi) is 3.31. The second kappa shape index (κ2) is 4.13. The Morgan fingerprint density at radius 2 is 2.21 bits per heavy atom. The van der Waals surface area contributed by atoms with Gasteiger partial charge in [0.15, 0.2) is 0 Å². The second-order valence-corrected chi connectivity index (χ2v) is 4.20. The minimum atomic E-state index is -0.798. The summed E-state index contributed by atoms with van der Waals surface area (Å²) in [7, 11) is 0. The van der Waals surface area contributed by atoms with Crippen LogP contribution in [0.25, 0.3) is 0 Å². The number of hydrogen-bond donors (Lipinski definition) is 1. The lowest BCUT2D eigenvalue weighted by atomic mass is 10.2. The maximum atomic E-state index is 10.7. The first-order valence-electron chi connectivity index (χ1n) is 4.35. The van der Waals surface area contributed by atoms with E-state index in [9.17, 15) is 4.79 Å². The highest BCUT2D eigenvalue weighted by atomic mass is 79.9. The van der Waals surface area contributed by atoms with Crippen molar-refractivity contribution in [1.82, 2.24) is 9.78 Å². The van der Waals surface area contributed by atoms with Crippen LogP contribution in [0.4, 0.5) is 0 Å². The number of nitrogens with zero attached hydrogens (tertiary/aromatic N) is 2. The third kappa shape index (κ3) is 2.15. The van der Waals surface area contributed by atoms with E-state index < -0.39 is 11.9 Å². The van der Waals surface area contributed by atoms with Gasteiger partial charge in [0, 0.05) is 5.69 Å². The van der Waals surface area contributed by atoms with Gasteiger partial charge in [-0.1, -0.05) is 6.92 Å². The molecule has 0 bridgehead atoms. The number of halogens is 1. The molecular weight excluding hydrogens is 248 g/mol. The second-order valence-electron chi connectivity index (χ2n) is 3.41. The van der Waals surface area contributed by atoms with Crippen molar-refractivity contribution < 1.29 is 9.90 Å². The van der Waals surface area contributed by atoms with Crippen LogP contribution in [-0.2, 0) is 11.3 Å². The highest BCUT2D eigenvalue weighted by Crippen LogP contribution is 2.20. The van der Waals surface area contributed by atoms with Crippen LogP contribution in [-0.4, -0.2) is 20.9 Å². The van der Waals surface area contributed by atoms with Crippen LogP contribution < -0.4 is 0 Å². The molecule has 1 aromatic heterocycles. The van der Waals surface area contributed by atoms with Gasteiger partial charge in [-0.2, -0.15) is 5.10 Å². The zero-order valence-corrected chi connectivity index (χ0v) is 10.00. The maximum Gasteiger partial charge on any atom is 0.308 e. The lowest BCUT2D eigenvalue weighted by molar-refractivity contribution is -0.141. The molecule has 0 aliphatic carbocycles. The molecule has 0 aromatic carbocycles. The lowest BCUT2D eigenvalue weighted by Crippen LogP contribution is -2.18. The van der Waals surface area contributed by atoms with Gasteiger partial charge in [0.1, 0.15) is 0 Å². The molecule has 0 aliphatic heterocycles. The van der Waals surface area contributed by atoms with Gasteiger partial charge in [-0.25, -0.2) is 0 Å². The van der Waals surface area contributed by atoms with E-state index in [1.54, 1.807) is 11.6 Å². The average molecular weight is 261 g/mol. The summed E-state index contributed by atoms with van der Waals surface area (Å²) in [5, 5.41) is 13.0. The van der Waals surface area contributed by atoms with Gasteiger partial charge in [0.2, 0.25) is 0 Å². The monoisotopic (exact) mass is 260 g/mol. The highest BCUT2D eigenvalue weighted by Gasteiger charge is 2.15. The van der Waals surface area contributed by atoms with Gasteiger partial charge in [-0.15, -0.1) is 0 Å². The minimum absolute atomic E-state index is 0.410. The van der Waals surface area contributed by atoms with E-state index in [1.807, 2.05) is 13.8 Å². The van der Waals surface area contributed by atoms with Crippen LogP contribution in [0.15, 0.2) is 4.47 Å². The Morgan fingerprint density at radius 1 is 1.64 bits per heavy atom. The van der Waals surface area contributed by atoms with E-state index in [1.165, 1.54) is 0 Å². The zero-order valence-electron chi connectivity index (χ0n) is 8.41. The normalized spacial score (nSPS) is 12.9. The molecule has 1 rings (SSSR count). The average Bonchev–Trinajstić information content (AvgIpc) is 2.33. The van der Waals surface area contributed by atoms with Gasteiger partial charge >= 0.3 is 5.97 Å². The van der Waals surface area contributed by atoms with Crippen molar-refractivity contribution in [3.63, 3.8) is 0 Å². The molecule has 0 spiro atoms. The quantitative estimate of drug-likeness (QED) is 0.905. The zero-order chi connectivity index (χ0) is 10.9. The van der Waals surface area contributed by atoms with Crippen LogP contribution in [0.2, 0.25) is 0 Å². The molecule has 1 aromatic rings. The molecule has 1 N–H and O–H groups in total. The van der Waals surface area contributed by atoms with Crippen molar-refractivity contribution in [1.29, 1.82) is 0 Å². The minimum Gasteiger partial charge on any atom is -0.481 e. The number of carboxylic acids is 1. The highest BCUT2D eigenvalue weighted by molar-refractivity contribution is 9.10. The summed E-state index contributed by atoms with van der Waals surface area (Å²) < 4.78 is 2.67. The first kappa shape index (κ1) is 11.2. The number of carbonyl (C=O) groups is 1. The van der Waals surface area contributed by atoms with Gasteiger partial charge < -0.3 is 5.11 Å². The van der Waals surface area contributed by atoms with Crippen molar-refractivity contribution in [2.45, 2.75) is 27.3 Å². The van der Waals surface area contributed by atoms with E-state index in [0.717, 1.165) is 15.9 Å². The predicted octanol–water partition coefficient (Wildman–Crippen LogP) is 1.98. The van der Waals surface area contributed by atoms with Crippen molar-refractivity contribution in [2.24, 2.45) is 5.92 Å². The van der Waals surface area contributed by atoms with Crippen LogP contribution in [0.5, 0.6) is 0 Å². The molecule has 0 aliphatic rings. The molecule has 0 amide bonds. The largest absolute Gasteiger partial charge is 0.481 e. The Labute approximate surface area is 91.1 Å². The Morgan fingerprint density at radius 3 is 2.57 bits per heavy atom. The van der Waals surface area contributed by atoms with Gasteiger partial charge in [-0.05, 0) is 29.8 Å². The fraction of sp³-hybridized carbons (Fsp3) is 0.556. The van der Waals surface area contributed by atoms with Gasteiger partial charge in [0.05, 0.1) is 22.6 Å². The van der Waals surface area contributed by atoms with E-state index in [-0.39, 0.29) is 0 Å². The van der Waals surface area contributed by atoms with Crippen molar-refractivity contribution in [3.05, 3.63) is 15.9 Å². The summed E-state index contributed by atoms with van der Waals surface area (Å²) in [6.07, 6.45) is 0. The smallest absolute Gasteiger partial charge is 0.308 e. The first-order valence-corrected chi connectivity index (χ1v) is 5.15. The molecule has 78 valence electrons. The van der Waals surface area contributed by atoms with E-state index >= 15 is 0 Å². The molecule has 1 unspecified atom stereocenters. The van der Waals surface area contributed by atoms with Crippen molar-refractivity contribution in [2.75, 3.05) is 0 Å². The number of aromatic nitrogens is 2. The molecule has 0 fully saturated rings. The van der Waals surface area contributed by atoms with Crippen molar-refractivity contribution >= 4 is 21.9 Å². The molecule has 1 heterocycles. The van der Waals surface area contributed by atoms with Crippen LogP contribution >= 0.6 is 15.9 Å². The molecule has 14 heavy (non-hydrogen) atoms. The first-order chi connectivity index (χ1) is 6.43. The fourth-order valence-electron chi connectivity index (χ4n) is 1.19. The number of carboxylic acid groups (broad SMARTS) is 1. The molecule has 0 radical (unpaired) electrons. The summed E-state index contributed by atoms with van der Waals surface area (Å²) in [5.74, 6) is -1.21. The topological polar surface area (TPSA) is 55.1 Å². The summed E-state index contributed by atoms with van der Waals surface area (Å²) >= 11 is 3.40. The van der Waals surface area contributed by atoms with E-state index in [4.69, 9.17) is 5.11 Å². The standard InChI is InChI=1S/C9H13BrN2O2/c1-5(9(13)14)4-12-7(3)8(10)6(2)11-12/h5H,4H2,1-3H3,(H,13,14). The van der Waals surface area contributed by atoms with Crippen molar-refractivity contribution in [3.8, 4) is 0 Å². The molecule has 0 saturated carbocycles. The Hall–Kier alpha value is -0.840. The summed E-state index contributed by atoms with van der Waals surface area (Å²) in [6.45, 7) is 5.89. The number of aliphatic carboxylic acids is 1. The lowest BCUT2D eigenvalue weighted by Gasteiger charge is -2.07. The SMILES string of the molecule is Cc1nn(CC(C)C(=O)O)c(C)c1Br. The van der Waals surface area contributed by atoms with E-state index in [2.05, 4.69) is 21.0 Å². The Balaban J connectivity index is 2.87. The van der Waals surface area contributed by atoms with Crippen LogP contribution in [0.3, 0.4) is 0 Å². The maximum absolute atomic E-state index is 10.7. The molecule has 5 heteroatoms. The van der Waals surface area contributed by atoms with E-state index in [0.29, 0.717) is 6.54 Å². The fourth-order valence-corrected chi connectivity index (χ4v) is 1.47. The third-order valence-corrected chi connectivity index (χ3v) is 3.31. The van der Waals surface area contributed by atoms with Gasteiger partial charge in [-0.3, -0.25) is 9.48 Å². The predicted molar refractivity (Wildman–Crippen MR) is 56.2 cm³/mol. The summed E-state index contributed by atoms with van der Waals surface area (Å²) in [5.41, 5.74) is 1.86. The van der Waals surface area contributed by atoms with Crippen LogP contribution in [0.1, 0.15) is 18.3 Å². The number of aryl methyl sites for hydroxylation is 1. The third-order valence-electron chi connectivity index (χ3n) is 2.16. The Bertz CT molecular complexity index is 360. The molecule has 4 nitrogen and oxygen atoms in total. The number of rotatable bonds is 3. The number of hydrogen-bond acceptors (Lipinski definition) is 2. The molecule has 1 atom stereocenters. The van der Waals surface area contributed by atoms with Gasteiger partial charge in [0.25, 0.3) is 0 Å². The summed E-state index contributed by atoms with van der Waals surface area (Å²) in [4.78, 5) is 10.7.